The van der Waals surface area contributed by atoms with Crippen molar-refractivity contribution in [2.45, 2.75) is 13.8 Å². The third-order valence-electron chi connectivity index (χ3n) is 4.08. The van der Waals surface area contributed by atoms with Crippen LogP contribution in [-0.4, -0.2) is 29.9 Å². The number of carbonyl (C=O) groups excluding carboxylic acids is 2. The van der Waals surface area contributed by atoms with Crippen LogP contribution in [0.2, 0.25) is 5.02 Å². The fraction of sp³-hybridized carbons (Fsp3) is 0.400. The topological polar surface area (TPSA) is 95.5 Å². The van der Waals surface area contributed by atoms with Gasteiger partial charge in [0.2, 0.25) is 5.91 Å². The third kappa shape index (κ3) is 2.78. The molecule has 0 aliphatic heterocycles. The van der Waals surface area contributed by atoms with Crippen molar-refractivity contribution in [3.63, 3.8) is 0 Å². The lowest BCUT2D eigenvalue weighted by Crippen LogP contribution is -2.20. The molecule has 1 fully saturated rings. The van der Waals surface area contributed by atoms with Crippen LogP contribution in [0, 0.1) is 17.3 Å². The van der Waals surface area contributed by atoms with Gasteiger partial charge in [-0.1, -0.05) is 25.4 Å². The van der Waals surface area contributed by atoms with E-state index >= 15 is 0 Å². The summed E-state index contributed by atoms with van der Waals surface area (Å²) in [5.41, 5.74) is 0.0676. The predicted octanol–water partition coefficient (Wildman–Crippen LogP) is 1.99. The Morgan fingerprint density at radius 3 is 2.36 bits per heavy atom. The van der Waals surface area contributed by atoms with Gasteiger partial charge in [0.15, 0.2) is 0 Å². The minimum Gasteiger partial charge on any atom is -0.481 e. The van der Waals surface area contributed by atoms with Gasteiger partial charge in [0.1, 0.15) is 0 Å². The van der Waals surface area contributed by atoms with Crippen LogP contribution in [0.25, 0.3) is 0 Å². The highest BCUT2D eigenvalue weighted by molar-refractivity contribution is 6.34. The molecule has 1 aromatic rings. The molecule has 0 unspecified atom stereocenters. The van der Waals surface area contributed by atoms with Gasteiger partial charge in [-0.25, -0.2) is 0 Å². The summed E-state index contributed by atoms with van der Waals surface area (Å²) in [5, 5.41) is 14.5. The van der Waals surface area contributed by atoms with Gasteiger partial charge in [0, 0.05) is 12.7 Å². The van der Waals surface area contributed by atoms with Crippen LogP contribution in [0.15, 0.2) is 18.2 Å². The second-order valence-electron chi connectivity index (χ2n) is 5.88. The van der Waals surface area contributed by atoms with E-state index in [2.05, 4.69) is 10.6 Å². The lowest BCUT2D eigenvalue weighted by Gasteiger charge is -2.09. The van der Waals surface area contributed by atoms with Gasteiger partial charge >= 0.3 is 5.97 Å². The Morgan fingerprint density at radius 2 is 1.86 bits per heavy atom. The van der Waals surface area contributed by atoms with E-state index in [9.17, 15) is 14.4 Å². The van der Waals surface area contributed by atoms with E-state index in [4.69, 9.17) is 16.7 Å². The van der Waals surface area contributed by atoms with Crippen LogP contribution in [0.4, 0.5) is 5.69 Å². The standard InChI is InChI=1S/C15H17ClN2O4/c1-15(2)10(11(15)14(21)22)13(20)18-7-4-5-9(16)8(6-7)12(19)17-3/h4-6,10-11H,1-3H3,(H,17,19)(H,18,20)(H,21,22)/t10-,11+/m0/s1. The molecule has 3 N–H and O–H groups in total. The van der Waals surface area contributed by atoms with Crippen molar-refractivity contribution in [2.24, 2.45) is 17.3 Å². The lowest BCUT2D eigenvalue weighted by molar-refractivity contribution is -0.140. The van der Waals surface area contributed by atoms with Crippen LogP contribution in [0.5, 0.6) is 0 Å². The number of amides is 2. The van der Waals surface area contributed by atoms with Crippen molar-refractivity contribution in [2.75, 3.05) is 12.4 Å². The smallest absolute Gasteiger partial charge is 0.307 e. The van der Waals surface area contributed by atoms with E-state index in [0.29, 0.717) is 5.69 Å². The zero-order valence-corrected chi connectivity index (χ0v) is 13.2. The summed E-state index contributed by atoms with van der Waals surface area (Å²) >= 11 is 5.94. The lowest BCUT2D eigenvalue weighted by atomic mass is 10.1. The molecule has 22 heavy (non-hydrogen) atoms. The molecule has 0 spiro atoms. The normalized spacial score (nSPS) is 21.8. The summed E-state index contributed by atoms with van der Waals surface area (Å²) in [5.74, 6) is -3.01. The summed E-state index contributed by atoms with van der Waals surface area (Å²) in [6.07, 6.45) is 0. The summed E-state index contributed by atoms with van der Waals surface area (Å²) in [7, 11) is 1.48. The zero-order chi connectivity index (χ0) is 16.7. The fourth-order valence-electron chi connectivity index (χ4n) is 2.72. The minimum absolute atomic E-state index is 0.242. The van der Waals surface area contributed by atoms with Crippen molar-refractivity contribution in [3.8, 4) is 0 Å². The van der Waals surface area contributed by atoms with Crippen LogP contribution in [0.3, 0.4) is 0 Å². The summed E-state index contributed by atoms with van der Waals surface area (Å²) < 4.78 is 0. The molecule has 0 bridgehead atoms. The number of carboxylic acids is 1. The summed E-state index contributed by atoms with van der Waals surface area (Å²) in [6.45, 7) is 3.49. The number of aliphatic carboxylic acids is 1. The van der Waals surface area contributed by atoms with E-state index in [1.807, 2.05) is 0 Å². The van der Waals surface area contributed by atoms with Gasteiger partial charge in [0.05, 0.1) is 22.4 Å². The van der Waals surface area contributed by atoms with Gasteiger partial charge in [-0.05, 0) is 23.6 Å². The van der Waals surface area contributed by atoms with Gasteiger partial charge < -0.3 is 15.7 Å². The van der Waals surface area contributed by atoms with Gasteiger partial charge in [-0.2, -0.15) is 0 Å². The molecule has 1 aliphatic rings. The maximum absolute atomic E-state index is 12.2. The van der Waals surface area contributed by atoms with Crippen LogP contribution in [0.1, 0.15) is 24.2 Å². The Labute approximate surface area is 132 Å². The van der Waals surface area contributed by atoms with E-state index in [0.717, 1.165) is 0 Å². The average molecular weight is 325 g/mol. The van der Waals surface area contributed by atoms with Gasteiger partial charge in [-0.15, -0.1) is 0 Å². The number of nitrogens with one attached hydrogen (secondary N) is 2. The highest BCUT2D eigenvalue weighted by Gasteiger charge is 2.65. The molecule has 0 saturated heterocycles. The van der Waals surface area contributed by atoms with Crippen LogP contribution < -0.4 is 10.6 Å². The number of rotatable bonds is 4. The van der Waals surface area contributed by atoms with E-state index < -0.39 is 23.2 Å². The molecule has 0 radical (unpaired) electrons. The summed E-state index contributed by atoms with van der Waals surface area (Å²) in [6, 6.07) is 4.54. The first kappa shape index (κ1) is 16.3. The maximum Gasteiger partial charge on any atom is 0.307 e. The first-order valence-corrected chi connectivity index (χ1v) is 7.13. The molecule has 7 heteroatoms. The number of hydrogen-bond acceptors (Lipinski definition) is 3. The van der Waals surface area contributed by atoms with Crippen molar-refractivity contribution in [1.82, 2.24) is 5.32 Å². The Morgan fingerprint density at radius 1 is 1.23 bits per heavy atom. The van der Waals surface area contributed by atoms with E-state index in [-0.39, 0.29) is 22.4 Å². The Kier molecular flexibility index (Phi) is 4.15. The number of carbonyl (C=O) groups is 3. The number of hydrogen-bond donors (Lipinski definition) is 3. The largest absolute Gasteiger partial charge is 0.481 e. The quantitative estimate of drug-likeness (QED) is 0.789. The molecule has 6 nitrogen and oxygen atoms in total. The van der Waals surface area contributed by atoms with Gasteiger partial charge in [0.25, 0.3) is 5.91 Å². The van der Waals surface area contributed by atoms with Crippen molar-refractivity contribution in [1.29, 1.82) is 0 Å². The highest BCUT2D eigenvalue weighted by Crippen LogP contribution is 2.58. The molecule has 118 valence electrons. The first-order chi connectivity index (χ1) is 10.2. The molecule has 2 rings (SSSR count). The number of halogens is 1. The molecule has 2 amide bonds. The molecular weight excluding hydrogens is 308 g/mol. The Bertz CT molecular complexity index is 657. The molecule has 1 saturated carbocycles. The Balaban J connectivity index is 2.17. The van der Waals surface area contributed by atoms with Crippen molar-refractivity contribution >= 4 is 35.1 Å². The van der Waals surface area contributed by atoms with E-state index in [1.54, 1.807) is 19.9 Å². The zero-order valence-electron chi connectivity index (χ0n) is 12.4. The molecule has 1 aliphatic carbocycles. The molecule has 2 atom stereocenters. The monoisotopic (exact) mass is 324 g/mol. The minimum atomic E-state index is -0.979. The summed E-state index contributed by atoms with van der Waals surface area (Å²) in [4.78, 5) is 35.0. The van der Waals surface area contributed by atoms with Crippen molar-refractivity contribution in [3.05, 3.63) is 28.8 Å². The molecule has 0 heterocycles. The number of benzene rings is 1. The number of carboxylic acid groups (broad SMARTS) is 1. The average Bonchev–Trinajstić information content (AvgIpc) is 3.03. The second kappa shape index (κ2) is 5.61. The van der Waals surface area contributed by atoms with Gasteiger partial charge in [-0.3, -0.25) is 14.4 Å². The maximum atomic E-state index is 12.2. The highest BCUT2D eigenvalue weighted by atomic mass is 35.5. The Hall–Kier alpha value is -2.08. The third-order valence-corrected chi connectivity index (χ3v) is 4.41. The first-order valence-electron chi connectivity index (χ1n) is 6.75. The SMILES string of the molecule is CNC(=O)c1cc(NC(=O)[C@@H]2[C@H](C(=O)O)C2(C)C)ccc1Cl. The van der Waals surface area contributed by atoms with E-state index in [1.165, 1.54) is 19.2 Å². The molecule has 0 aromatic heterocycles. The van der Waals surface area contributed by atoms with Crippen LogP contribution in [-0.2, 0) is 9.59 Å². The molecule has 1 aromatic carbocycles. The van der Waals surface area contributed by atoms with Crippen LogP contribution >= 0.6 is 11.6 Å². The number of anilines is 1. The predicted molar refractivity (Wildman–Crippen MR) is 81.9 cm³/mol. The van der Waals surface area contributed by atoms with Crippen molar-refractivity contribution < 1.29 is 19.5 Å². The molecular formula is C15H17ClN2O4. The second-order valence-corrected chi connectivity index (χ2v) is 6.29. The fourth-order valence-corrected chi connectivity index (χ4v) is 2.92.